The second-order valence-electron chi connectivity index (χ2n) is 5.79. The van der Waals surface area contributed by atoms with Crippen LogP contribution in [0.1, 0.15) is 13.3 Å². The summed E-state index contributed by atoms with van der Waals surface area (Å²) in [5, 5.41) is 3.37. The van der Waals surface area contributed by atoms with Crippen molar-refractivity contribution < 1.29 is 17.9 Å². The topological polar surface area (TPSA) is 75.7 Å². The van der Waals surface area contributed by atoms with Crippen LogP contribution in [0.4, 0.5) is 11.4 Å². The summed E-state index contributed by atoms with van der Waals surface area (Å²) in [5.41, 5.74) is 0.674. The van der Waals surface area contributed by atoms with E-state index < -0.39 is 22.0 Å². The van der Waals surface area contributed by atoms with Gasteiger partial charge in [-0.05, 0) is 48.9 Å². The van der Waals surface area contributed by atoms with Gasteiger partial charge in [-0.2, -0.15) is 0 Å². The lowest BCUT2D eigenvalue weighted by Crippen LogP contribution is -2.47. The third-order valence-corrected chi connectivity index (χ3v) is 5.59. The van der Waals surface area contributed by atoms with Gasteiger partial charge in [-0.15, -0.1) is 0 Å². The molecule has 2 rings (SSSR count). The smallest absolute Gasteiger partial charge is 0.248 e. The van der Waals surface area contributed by atoms with Crippen LogP contribution in [0.25, 0.3) is 0 Å². The number of hydrogen-bond acceptors (Lipinski definition) is 4. The van der Waals surface area contributed by atoms with Gasteiger partial charge in [0, 0.05) is 5.02 Å². The van der Waals surface area contributed by atoms with E-state index in [-0.39, 0.29) is 6.42 Å². The van der Waals surface area contributed by atoms with Gasteiger partial charge in [-0.3, -0.25) is 9.10 Å². The predicted octanol–water partition coefficient (Wildman–Crippen LogP) is 4.19. The summed E-state index contributed by atoms with van der Waals surface area (Å²) in [6.07, 6.45) is 1.31. The maximum absolute atomic E-state index is 12.8. The summed E-state index contributed by atoms with van der Waals surface area (Å²) in [6, 6.07) is 10.1. The second kappa shape index (κ2) is 8.82. The van der Waals surface area contributed by atoms with Crippen LogP contribution in [0.3, 0.4) is 0 Å². The van der Waals surface area contributed by atoms with Crippen molar-refractivity contribution in [2.24, 2.45) is 0 Å². The Kier molecular flexibility index (Phi) is 6.97. The molecule has 0 aliphatic rings. The molecule has 2 aromatic rings. The molecule has 0 aliphatic carbocycles. The Morgan fingerprint density at radius 1 is 1.19 bits per heavy atom. The minimum atomic E-state index is -3.73. The molecule has 0 aliphatic heterocycles. The largest absolute Gasteiger partial charge is 0.497 e. The summed E-state index contributed by atoms with van der Waals surface area (Å²) >= 11 is 12.0. The molecule has 1 N–H and O–H groups in total. The van der Waals surface area contributed by atoms with Crippen molar-refractivity contribution in [1.29, 1.82) is 0 Å². The van der Waals surface area contributed by atoms with Crippen LogP contribution in [0.5, 0.6) is 5.75 Å². The summed E-state index contributed by atoms with van der Waals surface area (Å²) in [7, 11) is -2.22. The Labute approximate surface area is 169 Å². The maximum atomic E-state index is 12.8. The van der Waals surface area contributed by atoms with E-state index in [4.69, 9.17) is 27.9 Å². The van der Waals surface area contributed by atoms with E-state index in [0.29, 0.717) is 27.2 Å². The van der Waals surface area contributed by atoms with Gasteiger partial charge in [0.1, 0.15) is 11.8 Å². The number of anilines is 2. The number of rotatable bonds is 7. The van der Waals surface area contributed by atoms with Crippen molar-refractivity contribution in [2.45, 2.75) is 19.4 Å². The molecule has 146 valence electrons. The monoisotopic (exact) mass is 430 g/mol. The lowest BCUT2D eigenvalue weighted by atomic mass is 10.1. The van der Waals surface area contributed by atoms with Crippen molar-refractivity contribution in [1.82, 2.24) is 0 Å². The van der Waals surface area contributed by atoms with Gasteiger partial charge in [-0.25, -0.2) is 8.42 Å². The Hall–Kier alpha value is -1.96. The van der Waals surface area contributed by atoms with Crippen LogP contribution in [0.15, 0.2) is 42.5 Å². The molecule has 27 heavy (non-hydrogen) atoms. The zero-order valence-corrected chi connectivity index (χ0v) is 17.4. The number of sulfonamides is 1. The van der Waals surface area contributed by atoms with Crippen molar-refractivity contribution in [3.05, 3.63) is 52.5 Å². The van der Waals surface area contributed by atoms with Gasteiger partial charge in [0.2, 0.25) is 15.9 Å². The van der Waals surface area contributed by atoms with Crippen molar-refractivity contribution in [2.75, 3.05) is 23.0 Å². The van der Waals surface area contributed by atoms with Crippen molar-refractivity contribution >= 4 is 50.5 Å². The average Bonchev–Trinajstić information content (AvgIpc) is 2.61. The zero-order valence-electron chi connectivity index (χ0n) is 15.1. The minimum Gasteiger partial charge on any atom is -0.497 e. The standard InChI is InChI=1S/C18H20Cl2N2O4S/c1-4-17(18(23)21-16-11-12(19)5-10-15(16)20)22(27(3,24)25)13-6-8-14(26-2)9-7-13/h5-11,17H,4H2,1-3H3,(H,21,23)/t17-/m1/s1. The highest BCUT2D eigenvalue weighted by molar-refractivity contribution is 7.92. The molecule has 0 saturated carbocycles. The molecule has 1 amide bonds. The van der Waals surface area contributed by atoms with E-state index in [1.54, 1.807) is 43.3 Å². The first-order chi connectivity index (χ1) is 12.7. The highest BCUT2D eigenvalue weighted by atomic mass is 35.5. The van der Waals surface area contributed by atoms with Crippen LogP contribution < -0.4 is 14.4 Å². The lowest BCUT2D eigenvalue weighted by Gasteiger charge is -2.30. The fourth-order valence-electron chi connectivity index (χ4n) is 2.60. The first kappa shape index (κ1) is 21.3. The maximum Gasteiger partial charge on any atom is 0.248 e. The minimum absolute atomic E-state index is 0.253. The summed E-state index contributed by atoms with van der Waals surface area (Å²) < 4.78 is 31.0. The fraction of sp³-hybridized carbons (Fsp3) is 0.278. The Morgan fingerprint density at radius 3 is 2.33 bits per heavy atom. The Morgan fingerprint density at radius 2 is 1.81 bits per heavy atom. The van der Waals surface area contributed by atoms with Gasteiger partial charge in [0.15, 0.2) is 0 Å². The van der Waals surface area contributed by atoms with Crippen LogP contribution in [0.2, 0.25) is 10.0 Å². The molecule has 0 saturated heterocycles. The van der Waals surface area contributed by atoms with Gasteiger partial charge in [0.05, 0.1) is 29.8 Å². The van der Waals surface area contributed by atoms with E-state index in [0.717, 1.165) is 10.6 Å². The van der Waals surface area contributed by atoms with E-state index in [9.17, 15) is 13.2 Å². The van der Waals surface area contributed by atoms with Gasteiger partial charge in [0.25, 0.3) is 0 Å². The second-order valence-corrected chi connectivity index (χ2v) is 8.50. The molecular weight excluding hydrogens is 411 g/mol. The number of carbonyl (C=O) groups excluding carboxylic acids is 1. The number of nitrogens with one attached hydrogen (secondary N) is 1. The number of nitrogens with zero attached hydrogens (tertiary/aromatic N) is 1. The molecule has 9 heteroatoms. The number of halogens is 2. The number of methoxy groups -OCH3 is 1. The van der Waals surface area contributed by atoms with E-state index in [1.807, 2.05) is 0 Å². The third-order valence-electron chi connectivity index (χ3n) is 3.84. The van der Waals surface area contributed by atoms with Crippen LogP contribution >= 0.6 is 23.2 Å². The first-order valence-corrected chi connectivity index (χ1v) is 10.7. The Balaban J connectivity index is 2.39. The number of benzene rings is 2. The molecule has 0 spiro atoms. The van der Waals surface area contributed by atoms with E-state index in [2.05, 4.69) is 5.32 Å². The lowest BCUT2D eigenvalue weighted by molar-refractivity contribution is -0.117. The SMILES string of the molecule is CC[C@H](C(=O)Nc1cc(Cl)ccc1Cl)N(c1ccc(OC)cc1)S(C)(=O)=O. The highest BCUT2D eigenvalue weighted by Crippen LogP contribution is 2.28. The summed E-state index contributed by atoms with van der Waals surface area (Å²) in [5.74, 6) is 0.0679. The molecular formula is C18H20Cl2N2O4S. The molecule has 0 bridgehead atoms. The number of amides is 1. The van der Waals surface area contributed by atoms with Crippen molar-refractivity contribution in [3.63, 3.8) is 0 Å². The number of hydrogen-bond donors (Lipinski definition) is 1. The van der Waals surface area contributed by atoms with Crippen LogP contribution in [-0.2, 0) is 14.8 Å². The van der Waals surface area contributed by atoms with Gasteiger partial charge in [-0.1, -0.05) is 30.1 Å². The van der Waals surface area contributed by atoms with Crippen LogP contribution in [0, 0.1) is 0 Å². The molecule has 0 unspecified atom stereocenters. The van der Waals surface area contributed by atoms with E-state index >= 15 is 0 Å². The quantitative estimate of drug-likeness (QED) is 0.714. The zero-order chi connectivity index (χ0) is 20.2. The van der Waals surface area contributed by atoms with Crippen LogP contribution in [-0.4, -0.2) is 33.7 Å². The molecule has 0 fully saturated rings. The predicted molar refractivity (Wildman–Crippen MR) is 109 cm³/mol. The Bertz CT molecular complexity index is 917. The normalized spacial score (nSPS) is 12.3. The fourth-order valence-corrected chi connectivity index (χ4v) is 4.15. The number of ether oxygens (including phenoxy) is 1. The molecule has 0 heterocycles. The van der Waals surface area contributed by atoms with Gasteiger partial charge >= 0.3 is 0 Å². The molecule has 1 atom stereocenters. The summed E-state index contributed by atoms with van der Waals surface area (Å²) in [6.45, 7) is 1.73. The molecule has 0 radical (unpaired) electrons. The number of carbonyl (C=O) groups is 1. The molecule has 6 nitrogen and oxygen atoms in total. The third kappa shape index (κ3) is 5.28. The molecule has 0 aromatic heterocycles. The molecule has 2 aromatic carbocycles. The van der Waals surface area contributed by atoms with E-state index in [1.165, 1.54) is 13.2 Å². The van der Waals surface area contributed by atoms with Crippen molar-refractivity contribution in [3.8, 4) is 5.75 Å². The van der Waals surface area contributed by atoms with Gasteiger partial charge < -0.3 is 10.1 Å². The average molecular weight is 431 g/mol. The highest BCUT2D eigenvalue weighted by Gasteiger charge is 2.31. The summed E-state index contributed by atoms with van der Waals surface area (Å²) in [4.78, 5) is 12.8. The first-order valence-electron chi connectivity index (χ1n) is 8.06.